The molecule has 0 saturated carbocycles. The van der Waals surface area contributed by atoms with Crippen LogP contribution in [-0.2, 0) is 41.5 Å². The zero-order valence-electron chi connectivity index (χ0n) is 35.8. The van der Waals surface area contributed by atoms with Gasteiger partial charge in [0.2, 0.25) is 8.65 Å². The van der Waals surface area contributed by atoms with E-state index in [0.717, 1.165) is 6.42 Å². The third-order valence-electron chi connectivity index (χ3n) is 9.02. The Kier molecular flexibility index (Phi) is 17.1. The van der Waals surface area contributed by atoms with Crippen LogP contribution in [0.3, 0.4) is 0 Å². The standard InChI is InChI=1S/C33H76O11Si8/c1-18-49-41-50(23-30(10)11,36-45(17)20-27(4)5)44-51(24-31(12)13)37-46(35-16)33(19-26(2)3)47(21-28(6)7,38-48(34,40-51)22-29(8)9)39-52(42-49,43-49)25-32(14)15/h20,26-34,46H,18-19,21-25H2,1-17H3/b45-20-. The summed E-state index contributed by atoms with van der Waals surface area (Å²) >= 11 is 0. The summed E-state index contributed by atoms with van der Waals surface area (Å²) in [6.45, 7) is 34.6. The van der Waals surface area contributed by atoms with Crippen LogP contribution in [0.4, 0.5) is 0 Å². The van der Waals surface area contributed by atoms with E-state index in [4.69, 9.17) is 41.5 Å². The van der Waals surface area contributed by atoms with Gasteiger partial charge in [-0.1, -0.05) is 110 Å². The Labute approximate surface area is 327 Å². The van der Waals surface area contributed by atoms with Crippen LogP contribution in [0.5, 0.6) is 0 Å². The molecule has 6 heterocycles. The molecule has 6 aliphatic rings. The van der Waals surface area contributed by atoms with Crippen molar-refractivity contribution in [2.24, 2.45) is 41.4 Å². The van der Waals surface area contributed by atoms with E-state index in [1.165, 1.54) is 0 Å². The van der Waals surface area contributed by atoms with Crippen LogP contribution < -0.4 is 0 Å². The lowest BCUT2D eigenvalue weighted by molar-refractivity contribution is 0.0282. The van der Waals surface area contributed by atoms with Gasteiger partial charge in [-0.05, 0) is 60.4 Å². The normalized spacial score (nSPS) is 37.7. The zero-order chi connectivity index (χ0) is 39.5. The van der Waals surface area contributed by atoms with Crippen LogP contribution in [0.1, 0.15) is 110 Å². The van der Waals surface area contributed by atoms with E-state index in [1.54, 1.807) is 7.11 Å². The van der Waals surface area contributed by atoms with Crippen molar-refractivity contribution in [2.75, 3.05) is 7.11 Å². The summed E-state index contributed by atoms with van der Waals surface area (Å²) in [5.41, 5.74) is 2.27. The molecule has 0 aromatic carbocycles. The Morgan fingerprint density at radius 3 is 1.62 bits per heavy atom. The van der Waals surface area contributed by atoms with E-state index in [2.05, 4.69) is 116 Å². The van der Waals surface area contributed by atoms with Crippen molar-refractivity contribution in [3.8, 4) is 0 Å². The van der Waals surface area contributed by atoms with Crippen molar-refractivity contribution in [2.45, 2.75) is 158 Å². The SMILES string of the molecule is CC[Si]12O[Si](CC(C)C)(O/[Si](C)=C\C(C)C)O[Si]3(CC(C)C)O[SiH](OC)C(CC(C)C)[Si](CC(C)C)(O[Si](O)(CC(C)C)O3)O[Si](CC(C)C)(O1)O2. The first-order valence-electron chi connectivity index (χ1n) is 20.1. The molecule has 1 N–H and O–H groups in total. The minimum Gasteiger partial charge on any atom is -0.567 e. The number of hydrogen-bond acceptors (Lipinski definition) is 11. The molecule has 0 amide bonds. The molecule has 0 aromatic rings. The Morgan fingerprint density at radius 2 is 1.15 bits per heavy atom. The maximum Gasteiger partial charge on any atom is 0.537 e. The molecular formula is C33H76O11Si8. The van der Waals surface area contributed by atoms with Crippen molar-refractivity contribution in [1.82, 2.24) is 0 Å². The van der Waals surface area contributed by atoms with Crippen LogP contribution in [0.2, 0.25) is 48.0 Å². The van der Waals surface area contributed by atoms with Crippen molar-refractivity contribution in [3.63, 3.8) is 0 Å². The summed E-state index contributed by atoms with van der Waals surface area (Å²) in [7, 11) is -24.7. The Morgan fingerprint density at radius 1 is 0.635 bits per heavy atom. The highest BCUT2D eigenvalue weighted by Gasteiger charge is 2.77. The third kappa shape index (κ3) is 12.5. The molecule has 0 radical (unpaired) electrons. The van der Waals surface area contributed by atoms with E-state index in [-0.39, 0.29) is 40.7 Å². The lowest BCUT2D eigenvalue weighted by atomic mass is 10.2. The van der Waals surface area contributed by atoms with E-state index >= 15 is 0 Å². The maximum absolute atomic E-state index is 13.2. The van der Waals surface area contributed by atoms with Gasteiger partial charge in [-0.2, -0.15) is 0 Å². The molecule has 0 aromatic heterocycles. The van der Waals surface area contributed by atoms with Crippen molar-refractivity contribution in [3.05, 3.63) is 0 Å². The van der Waals surface area contributed by atoms with E-state index < -0.39 is 70.5 Å². The van der Waals surface area contributed by atoms with Gasteiger partial charge in [-0.15, -0.1) is 0 Å². The topological polar surface area (TPSA) is 113 Å². The average molecular weight is 874 g/mol. The van der Waals surface area contributed by atoms with Crippen molar-refractivity contribution in [1.29, 1.82) is 0 Å². The summed E-state index contributed by atoms with van der Waals surface area (Å²) < 4.78 is 73.6. The molecule has 306 valence electrons. The molecule has 6 saturated heterocycles. The molecule has 0 aliphatic carbocycles. The molecule has 6 fully saturated rings. The first-order valence-corrected chi connectivity index (χ1v) is 35.5. The summed E-state index contributed by atoms with van der Waals surface area (Å²) in [4.78, 5) is 13.2. The summed E-state index contributed by atoms with van der Waals surface area (Å²) in [5, 5.41) is -0.192. The third-order valence-corrected chi connectivity index (χ3v) is 45.4. The van der Waals surface area contributed by atoms with Gasteiger partial charge in [0.25, 0.3) is 0 Å². The second-order valence-corrected chi connectivity index (χ2v) is 42.1. The fraction of sp³-hybridized carbons (Fsp3) is 0.970. The second-order valence-electron chi connectivity index (χ2n) is 18.4. The van der Waals surface area contributed by atoms with E-state index in [9.17, 15) is 4.80 Å². The highest BCUT2D eigenvalue weighted by atomic mass is 28.6. The van der Waals surface area contributed by atoms with Crippen LogP contribution in [0.15, 0.2) is 0 Å². The predicted molar refractivity (Wildman–Crippen MR) is 225 cm³/mol. The maximum atomic E-state index is 13.2. The van der Waals surface area contributed by atoms with Gasteiger partial charge in [-0.25, -0.2) is 0 Å². The average Bonchev–Trinajstić information content (AvgIpc) is 2.89. The van der Waals surface area contributed by atoms with Crippen LogP contribution in [0, 0.1) is 41.4 Å². The van der Waals surface area contributed by atoms with Crippen LogP contribution in [-0.4, -0.2) is 88.1 Å². The van der Waals surface area contributed by atoms with Crippen molar-refractivity contribution >= 4 is 76.2 Å². The van der Waals surface area contributed by atoms with Crippen LogP contribution >= 0.6 is 0 Å². The quantitative estimate of drug-likeness (QED) is 0.143. The minimum absolute atomic E-state index is 0.0778. The smallest absolute Gasteiger partial charge is 0.537 e. The van der Waals surface area contributed by atoms with E-state index in [0.29, 0.717) is 42.2 Å². The van der Waals surface area contributed by atoms with Gasteiger partial charge in [0.15, 0.2) is 0 Å². The monoisotopic (exact) mass is 872 g/mol. The highest BCUT2D eigenvalue weighted by Crippen LogP contribution is 2.52. The van der Waals surface area contributed by atoms with Crippen LogP contribution in [0.25, 0.3) is 0 Å². The number of rotatable bonds is 17. The lowest BCUT2D eigenvalue weighted by Crippen LogP contribution is -2.82. The molecule has 6 aliphatic heterocycles. The van der Waals surface area contributed by atoms with Crippen molar-refractivity contribution < 1.29 is 46.3 Å². The fourth-order valence-corrected chi connectivity index (χ4v) is 53.1. The number of hydrogen-bond donors (Lipinski definition) is 1. The zero-order valence-corrected chi connectivity index (χ0v) is 43.9. The van der Waals surface area contributed by atoms with Gasteiger partial charge >= 0.3 is 61.9 Å². The van der Waals surface area contributed by atoms with E-state index in [1.807, 2.05) is 0 Å². The molecular weight excluding hydrogens is 797 g/mol. The molecule has 52 heavy (non-hydrogen) atoms. The van der Waals surface area contributed by atoms with Gasteiger partial charge < -0.3 is 46.3 Å². The highest BCUT2D eigenvalue weighted by molar-refractivity contribution is 7.00. The Bertz CT molecular complexity index is 1170. The lowest BCUT2D eigenvalue weighted by Gasteiger charge is -2.59. The largest absolute Gasteiger partial charge is 0.567 e. The first kappa shape index (κ1) is 47.4. The molecule has 6 atom stereocenters. The molecule has 6 unspecified atom stereocenters. The second kappa shape index (κ2) is 18.7. The summed E-state index contributed by atoms with van der Waals surface area (Å²) in [5.74, 6) is 1.37. The fourth-order valence-electron chi connectivity index (χ4n) is 7.87. The Balaban J connectivity index is 2.56. The summed E-state index contributed by atoms with van der Waals surface area (Å²) in [6.07, 6.45) is 0.761. The molecule has 19 heteroatoms. The summed E-state index contributed by atoms with van der Waals surface area (Å²) in [6, 6.07) is 3.11. The van der Waals surface area contributed by atoms with Gasteiger partial charge in [0, 0.05) is 42.5 Å². The Hall–Kier alpha value is 1.01. The minimum atomic E-state index is -4.12. The molecule has 4 bridgehead atoms. The molecule has 11 nitrogen and oxygen atoms in total. The molecule has 0 spiro atoms. The van der Waals surface area contributed by atoms with Gasteiger partial charge in [-0.3, -0.25) is 0 Å². The first-order chi connectivity index (χ1) is 23.9. The van der Waals surface area contributed by atoms with Gasteiger partial charge in [0.1, 0.15) is 0 Å². The predicted octanol–water partition coefficient (Wildman–Crippen LogP) is 8.09. The molecule has 6 rings (SSSR count). The van der Waals surface area contributed by atoms with Gasteiger partial charge in [0.05, 0.1) is 0 Å².